The molecule has 5 aromatic rings. The number of hydrogen-bond acceptors (Lipinski definition) is 7. The van der Waals surface area contributed by atoms with Crippen molar-refractivity contribution >= 4 is 35.0 Å². The number of thioether (sulfide) groups is 1. The highest BCUT2D eigenvalue weighted by Crippen LogP contribution is 2.28. The lowest BCUT2D eigenvalue weighted by Crippen LogP contribution is -2.14. The molecule has 10 heteroatoms. The molecule has 3 N–H and O–H groups in total. The quantitative estimate of drug-likeness (QED) is 0.227. The molecule has 0 unspecified atom stereocenters. The first-order chi connectivity index (χ1) is 18.0. The number of amides is 1. The first-order valence-electron chi connectivity index (χ1n) is 11.3. The van der Waals surface area contributed by atoms with E-state index in [9.17, 15) is 9.18 Å². The number of anilines is 3. The Hall–Kier alpha value is -4.57. The Morgan fingerprint density at radius 2 is 1.84 bits per heavy atom. The van der Waals surface area contributed by atoms with Crippen molar-refractivity contribution in [3.05, 3.63) is 96.3 Å². The highest BCUT2D eigenvalue weighted by molar-refractivity contribution is 7.98. The van der Waals surface area contributed by atoms with Crippen LogP contribution in [0.3, 0.4) is 0 Å². The number of hydrogen-bond donors (Lipinski definition) is 3. The van der Waals surface area contributed by atoms with Gasteiger partial charge in [-0.2, -0.15) is 0 Å². The van der Waals surface area contributed by atoms with Crippen LogP contribution < -0.4 is 10.6 Å². The second-order valence-electron chi connectivity index (χ2n) is 8.09. The van der Waals surface area contributed by atoms with Gasteiger partial charge < -0.3 is 15.6 Å². The van der Waals surface area contributed by atoms with Crippen molar-refractivity contribution in [2.75, 3.05) is 16.9 Å². The maximum absolute atomic E-state index is 13.4. The number of aromatic nitrogens is 5. The zero-order valence-electron chi connectivity index (χ0n) is 20.0. The van der Waals surface area contributed by atoms with Crippen molar-refractivity contribution in [1.82, 2.24) is 24.9 Å². The Kier molecular flexibility index (Phi) is 6.91. The summed E-state index contributed by atoms with van der Waals surface area (Å²) in [4.78, 5) is 33.9. The minimum absolute atomic E-state index is 0.290. The fraction of sp³-hybridized carbons (Fsp3) is 0.0741. The van der Waals surface area contributed by atoms with Crippen LogP contribution in [-0.2, 0) is 0 Å². The van der Waals surface area contributed by atoms with Crippen molar-refractivity contribution in [3.8, 4) is 22.5 Å². The zero-order chi connectivity index (χ0) is 25.8. The molecular weight excluding hydrogens is 489 g/mol. The summed E-state index contributed by atoms with van der Waals surface area (Å²) in [5.74, 6) is -0.300. The predicted molar refractivity (Wildman–Crippen MR) is 143 cm³/mol. The highest BCUT2D eigenvalue weighted by atomic mass is 32.2. The number of benzene rings is 2. The summed E-state index contributed by atoms with van der Waals surface area (Å²) in [7, 11) is 0. The van der Waals surface area contributed by atoms with E-state index in [1.165, 1.54) is 23.9 Å². The molecule has 0 radical (unpaired) electrons. The second kappa shape index (κ2) is 10.6. The van der Waals surface area contributed by atoms with Crippen LogP contribution in [0.1, 0.15) is 16.1 Å². The summed E-state index contributed by atoms with van der Waals surface area (Å²) in [6, 6.07) is 17.0. The summed E-state index contributed by atoms with van der Waals surface area (Å²) in [5.41, 5.74) is 5.27. The van der Waals surface area contributed by atoms with Crippen molar-refractivity contribution in [3.63, 3.8) is 0 Å². The molecule has 1 amide bonds. The Bertz CT molecular complexity index is 1560. The molecule has 0 saturated heterocycles. The van der Waals surface area contributed by atoms with E-state index in [-0.39, 0.29) is 11.7 Å². The van der Waals surface area contributed by atoms with Gasteiger partial charge in [-0.3, -0.25) is 9.78 Å². The van der Waals surface area contributed by atoms with Gasteiger partial charge in [0.25, 0.3) is 5.91 Å². The van der Waals surface area contributed by atoms with Crippen LogP contribution >= 0.6 is 11.8 Å². The SMILES string of the molecule is CSc1nc(-c2ccc(F)cc2)c(C(=O)Nc2ccc(C)c(Nc3nccc(-c4cccnc4)n3)c2)[nH]1. The molecule has 5 rings (SSSR count). The van der Waals surface area contributed by atoms with E-state index in [4.69, 9.17) is 0 Å². The first kappa shape index (κ1) is 24.1. The Balaban J connectivity index is 1.39. The molecule has 0 atom stereocenters. The molecule has 0 fully saturated rings. The van der Waals surface area contributed by atoms with Crippen molar-refractivity contribution < 1.29 is 9.18 Å². The molecule has 184 valence electrons. The second-order valence-corrected chi connectivity index (χ2v) is 8.89. The standard InChI is InChI=1S/C27H22FN7OS/c1-16-5-10-20(14-22(16)33-26-30-13-11-21(32-26)18-4-3-12-29-15-18)31-25(36)24-23(34-27(35-24)37-2)17-6-8-19(28)9-7-17/h3-15H,1-2H3,(H,31,36)(H,34,35)(H,30,32,33). The fourth-order valence-electron chi connectivity index (χ4n) is 3.67. The van der Waals surface area contributed by atoms with Crippen LogP contribution in [0.5, 0.6) is 0 Å². The van der Waals surface area contributed by atoms with E-state index >= 15 is 0 Å². The third-order valence-electron chi connectivity index (χ3n) is 5.57. The van der Waals surface area contributed by atoms with Crippen LogP contribution in [0, 0.1) is 12.7 Å². The first-order valence-corrected chi connectivity index (χ1v) is 12.5. The number of H-pyrrole nitrogens is 1. The van der Waals surface area contributed by atoms with Gasteiger partial charge in [0, 0.05) is 41.1 Å². The molecule has 0 saturated carbocycles. The number of aryl methyl sites for hydroxylation is 1. The van der Waals surface area contributed by atoms with Gasteiger partial charge in [0.15, 0.2) is 5.16 Å². The smallest absolute Gasteiger partial charge is 0.274 e. The number of imidazole rings is 1. The van der Waals surface area contributed by atoms with Gasteiger partial charge in [0.1, 0.15) is 17.2 Å². The zero-order valence-corrected chi connectivity index (χ0v) is 20.8. The lowest BCUT2D eigenvalue weighted by Gasteiger charge is -2.12. The molecular formula is C27H22FN7OS. The Morgan fingerprint density at radius 3 is 2.59 bits per heavy atom. The van der Waals surface area contributed by atoms with Crippen LogP contribution in [0.25, 0.3) is 22.5 Å². The molecule has 0 aliphatic heterocycles. The van der Waals surface area contributed by atoms with E-state index in [0.29, 0.717) is 33.7 Å². The van der Waals surface area contributed by atoms with Crippen LogP contribution in [-0.4, -0.2) is 37.1 Å². The molecule has 37 heavy (non-hydrogen) atoms. The van der Waals surface area contributed by atoms with Crippen molar-refractivity contribution in [1.29, 1.82) is 0 Å². The molecule has 0 spiro atoms. The van der Waals surface area contributed by atoms with Crippen LogP contribution in [0.4, 0.5) is 21.7 Å². The molecule has 0 aliphatic rings. The number of halogens is 1. The van der Waals surface area contributed by atoms with Gasteiger partial charge in [0.05, 0.1) is 5.69 Å². The molecule has 3 aromatic heterocycles. The summed E-state index contributed by atoms with van der Waals surface area (Å²) >= 11 is 1.38. The summed E-state index contributed by atoms with van der Waals surface area (Å²) in [6.07, 6.45) is 6.99. The number of nitrogens with one attached hydrogen (secondary N) is 3. The van der Waals surface area contributed by atoms with Gasteiger partial charge >= 0.3 is 0 Å². The summed E-state index contributed by atoms with van der Waals surface area (Å²) < 4.78 is 13.4. The topological polar surface area (TPSA) is 108 Å². The van der Waals surface area contributed by atoms with E-state index < -0.39 is 0 Å². The van der Waals surface area contributed by atoms with Gasteiger partial charge in [0.2, 0.25) is 5.95 Å². The number of nitrogens with zero attached hydrogens (tertiary/aromatic N) is 4. The number of pyridine rings is 1. The summed E-state index contributed by atoms with van der Waals surface area (Å²) in [6.45, 7) is 1.95. The molecule has 0 aliphatic carbocycles. The minimum Gasteiger partial charge on any atom is -0.328 e. The Labute approximate surface area is 216 Å². The predicted octanol–water partition coefficient (Wildman–Crippen LogP) is 6.09. The monoisotopic (exact) mass is 511 g/mol. The lowest BCUT2D eigenvalue weighted by molar-refractivity contribution is 0.102. The van der Waals surface area contributed by atoms with Crippen LogP contribution in [0.2, 0.25) is 0 Å². The van der Waals surface area contributed by atoms with Crippen molar-refractivity contribution in [2.24, 2.45) is 0 Å². The molecule has 2 aromatic carbocycles. The van der Waals surface area contributed by atoms with E-state index in [1.54, 1.807) is 30.7 Å². The summed E-state index contributed by atoms with van der Waals surface area (Å²) in [5, 5.41) is 6.75. The number of carbonyl (C=O) groups is 1. The van der Waals surface area contributed by atoms with E-state index in [0.717, 1.165) is 22.5 Å². The highest BCUT2D eigenvalue weighted by Gasteiger charge is 2.19. The third-order valence-corrected chi connectivity index (χ3v) is 6.15. The van der Waals surface area contributed by atoms with Gasteiger partial charge in [-0.25, -0.2) is 19.3 Å². The van der Waals surface area contributed by atoms with E-state index in [2.05, 4.69) is 35.6 Å². The van der Waals surface area contributed by atoms with Gasteiger partial charge in [-0.15, -0.1) is 0 Å². The molecule has 8 nitrogen and oxygen atoms in total. The van der Waals surface area contributed by atoms with E-state index in [1.807, 2.05) is 49.6 Å². The maximum atomic E-state index is 13.4. The number of carbonyl (C=O) groups excluding carboxylic acids is 1. The number of aromatic amines is 1. The van der Waals surface area contributed by atoms with Gasteiger partial charge in [-0.1, -0.05) is 17.8 Å². The third kappa shape index (κ3) is 5.49. The van der Waals surface area contributed by atoms with Crippen molar-refractivity contribution in [2.45, 2.75) is 12.1 Å². The maximum Gasteiger partial charge on any atom is 0.274 e. The number of rotatable bonds is 7. The average Bonchev–Trinajstić information content (AvgIpc) is 3.37. The average molecular weight is 512 g/mol. The largest absolute Gasteiger partial charge is 0.328 e. The van der Waals surface area contributed by atoms with Gasteiger partial charge in [-0.05, 0) is 73.3 Å². The molecule has 3 heterocycles. The fourth-order valence-corrected chi connectivity index (χ4v) is 4.06. The molecule has 0 bridgehead atoms. The minimum atomic E-state index is -0.364. The normalized spacial score (nSPS) is 10.8. The Morgan fingerprint density at radius 1 is 1.00 bits per heavy atom. The lowest BCUT2D eigenvalue weighted by atomic mass is 10.1. The van der Waals surface area contributed by atoms with Crippen LogP contribution in [0.15, 0.2) is 84.4 Å².